The molecule has 0 spiro atoms. The van der Waals surface area contributed by atoms with E-state index in [0.29, 0.717) is 34.5 Å². The second-order valence-electron chi connectivity index (χ2n) is 21.2. The van der Waals surface area contributed by atoms with E-state index in [1.165, 1.54) is 117 Å². The van der Waals surface area contributed by atoms with Crippen LogP contribution in [0.1, 0.15) is 97.6 Å². The monoisotopic (exact) mass is 990 g/mol. The number of rotatable bonds is 24. The standard InChI is InChI=1S/C23H31NO2.C21H27NO2.C20H25NO2/c25-22-11-9-19(10-12-22)13-15-24(18-21-5-2-1-3-6-21)16-14-20-7-4-8-23(26)17-20;23-20-9-7-17(8-10-20)11-13-22(16-19-4-1-5-19)14-12-18-3-2-6-21(24)15-18;22-19-8-6-16(7-9-19)10-12-21(15-18-4-5-18)13-11-17-2-1-3-20(23)14-17/h4,7-12,17,21,25-26H,1-3,5-6,13-16,18H2;2-3,6-10,15,19,23-24H,1,4-5,11-14,16H2;1-3,6-9,14,18,22-23H,4-5,10-13,15H2. The van der Waals surface area contributed by atoms with E-state index in [-0.39, 0.29) is 0 Å². The average molecular weight is 990 g/mol. The summed E-state index contributed by atoms with van der Waals surface area (Å²) in [5.74, 6) is 4.59. The number of aromatic hydroxyl groups is 6. The van der Waals surface area contributed by atoms with Crippen molar-refractivity contribution in [2.24, 2.45) is 17.8 Å². The average Bonchev–Trinajstić information content (AvgIpc) is 4.21. The van der Waals surface area contributed by atoms with Gasteiger partial charge in [0.05, 0.1) is 0 Å². The molecular formula is C64H83N3O6. The maximum absolute atomic E-state index is 9.68. The Hall–Kier alpha value is -6.00. The zero-order valence-electron chi connectivity index (χ0n) is 43.3. The van der Waals surface area contributed by atoms with Crippen molar-refractivity contribution in [1.82, 2.24) is 14.7 Å². The summed E-state index contributed by atoms with van der Waals surface area (Å²) in [6.45, 7) is 9.74. The second kappa shape index (κ2) is 29.6. The Morgan fingerprint density at radius 2 is 0.548 bits per heavy atom. The molecule has 9 heteroatoms. The molecule has 0 bridgehead atoms. The normalized spacial score (nSPS) is 14.8. The van der Waals surface area contributed by atoms with E-state index in [1.54, 1.807) is 54.6 Å². The van der Waals surface area contributed by atoms with Crippen molar-refractivity contribution in [3.8, 4) is 34.5 Å². The molecular weight excluding hydrogens is 907 g/mol. The molecule has 73 heavy (non-hydrogen) atoms. The highest BCUT2D eigenvalue weighted by atomic mass is 16.3. The number of benzene rings is 6. The summed E-state index contributed by atoms with van der Waals surface area (Å²) < 4.78 is 0. The molecule has 0 atom stereocenters. The first-order valence-corrected chi connectivity index (χ1v) is 27.4. The molecule has 3 aliphatic carbocycles. The largest absolute Gasteiger partial charge is 0.508 e. The quantitative estimate of drug-likeness (QED) is 0.0351. The van der Waals surface area contributed by atoms with Crippen LogP contribution in [0.3, 0.4) is 0 Å². The summed E-state index contributed by atoms with van der Waals surface area (Å²) >= 11 is 0. The van der Waals surface area contributed by atoms with Crippen molar-refractivity contribution in [2.75, 3.05) is 58.9 Å². The highest BCUT2D eigenvalue weighted by Gasteiger charge is 2.24. The highest BCUT2D eigenvalue weighted by molar-refractivity contribution is 5.31. The van der Waals surface area contributed by atoms with Crippen molar-refractivity contribution < 1.29 is 30.6 Å². The molecule has 0 saturated heterocycles. The van der Waals surface area contributed by atoms with Crippen LogP contribution in [0.5, 0.6) is 34.5 Å². The third-order valence-corrected chi connectivity index (χ3v) is 15.0. The predicted octanol–water partition coefficient (Wildman–Crippen LogP) is 12.3. The van der Waals surface area contributed by atoms with Crippen LogP contribution in [0.15, 0.2) is 146 Å². The summed E-state index contributed by atoms with van der Waals surface area (Å²) in [7, 11) is 0. The van der Waals surface area contributed by atoms with Crippen molar-refractivity contribution in [3.63, 3.8) is 0 Å². The summed E-state index contributed by atoms with van der Waals surface area (Å²) in [6, 6.07) is 45.4. The fourth-order valence-corrected chi connectivity index (χ4v) is 10.2. The Morgan fingerprint density at radius 1 is 0.274 bits per heavy atom. The van der Waals surface area contributed by atoms with Gasteiger partial charge < -0.3 is 45.3 Å². The van der Waals surface area contributed by atoms with Gasteiger partial charge in [0.1, 0.15) is 34.5 Å². The number of phenols is 6. The minimum absolute atomic E-state index is 0.326. The minimum atomic E-state index is 0.326. The van der Waals surface area contributed by atoms with Gasteiger partial charge in [-0.15, -0.1) is 0 Å². The van der Waals surface area contributed by atoms with Crippen LogP contribution in [0, 0.1) is 17.8 Å². The molecule has 6 aromatic rings. The molecule has 9 nitrogen and oxygen atoms in total. The van der Waals surface area contributed by atoms with Gasteiger partial charge in [0.2, 0.25) is 0 Å². The van der Waals surface area contributed by atoms with Crippen LogP contribution in [0.2, 0.25) is 0 Å². The number of phenolic OH excluding ortho intramolecular Hbond substituents is 6. The number of hydrogen-bond acceptors (Lipinski definition) is 9. The van der Waals surface area contributed by atoms with Crippen LogP contribution in [0.4, 0.5) is 0 Å². The molecule has 3 fully saturated rings. The lowest BCUT2D eigenvalue weighted by Crippen LogP contribution is -2.35. The van der Waals surface area contributed by atoms with Crippen LogP contribution >= 0.6 is 0 Å². The van der Waals surface area contributed by atoms with Gasteiger partial charge in [0.25, 0.3) is 0 Å². The first-order valence-electron chi connectivity index (χ1n) is 27.4. The maximum atomic E-state index is 9.68. The molecule has 3 saturated carbocycles. The van der Waals surface area contributed by atoms with Gasteiger partial charge in [0, 0.05) is 58.9 Å². The fourth-order valence-electron chi connectivity index (χ4n) is 10.2. The van der Waals surface area contributed by atoms with E-state index in [2.05, 4.69) is 32.9 Å². The fraction of sp³-hybridized carbons (Fsp3) is 0.438. The Kier molecular flexibility index (Phi) is 22.2. The molecule has 0 amide bonds. The lowest BCUT2D eigenvalue weighted by Gasteiger charge is -2.32. The van der Waals surface area contributed by atoms with Crippen molar-refractivity contribution in [1.29, 1.82) is 0 Å². The Bertz CT molecular complexity index is 2470. The zero-order valence-corrected chi connectivity index (χ0v) is 43.3. The smallest absolute Gasteiger partial charge is 0.115 e. The molecule has 6 aromatic carbocycles. The van der Waals surface area contributed by atoms with Crippen molar-refractivity contribution in [2.45, 2.75) is 103 Å². The van der Waals surface area contributed by atoms with E-state index in [4.69, 9.17) is 0 Å². The van der Waals surface area contributed by atoms with E-state index < -0.39 is 0 Å². The van der Waals surface area contributed by atoms with Crippen LogP contribution < -0.4 is 0 Å². The lowest BCUT2D eigenvalue weighted by atomic mass is 9.85. The molecule has 9 rings (SSSR count). The summed E-state index contributed by atoms with van der Waals surface area (Å²) in [5, 5.41) is 57.1. The van der Waals surface area contributed by atoms with E-state index >= 15 is 0 Å². The van der Waals surface area contributed by atoms with E-state index in [1.807, 2.05) is 72.8 Å². The Morgan fingerprint density at radius 3 is 0.808 bits per heavy atom. The highest BCUT2D eigenvalue weighted by Crippen LogP contribution is 2.31. The number of hydrogen-bond donors (Lipinski definition) is 6. The SMILES string of the molecule is Oc1ccc(CCN(CCc2cccc(O)c2)CC2CC2)cc1.Oc1ccc(CCN(CCc2cccc(O)c2)CC2CCC2)cc1.Oc1ccc(CCN(CCc2cccc(O)c2)CC2CCCCC2)cc1. The third-order valence-electron chi connectivity index (χ3n) is 15.0. The molecule has 390 valence electrons. The number of nitrogens with zero attached hydrogens (tertiary/aromatic N) is 3. The summed E-state index contributed by atoms with van der Waals surface area (Å²) in [4.78, 5) is 7.68. The molecule has 6 N–H and O–H groups in total. The predicted molar refractivity (Wildman–Crippen MR) is 297 cm³/mol. The molecule has 0 unspecified atom stereocenters. The maximum Gasteiger partial charge on any atom is 0.115 e. The third kappa shape index (κ3) is 21.2. The zero-order chi connectivity index (χ0) is 51.0. The topological polar surface area (TPSA) is 131 Å². The Balaban J connectivity index is 0.000000161. The van der Waals surface area contributed by atoms with Gasteiger partial charge in [-0.05, 0) is 201 Å². The van der Waals surface area contributed by atoms with Crippen molar-refractivity contribution >= 4 is 0 Å². The van der Waals surface area contributed by atoms with E-state index in [0.717, 1.165) is 95.5 Å². The van der Waals surface area contributed by atoms with Gasteiger partial charge in [-0.25, -0.2) is 0 Å². The molecule has 0 radical (unpaired) electrons. The molecule has 0 aliphatic heterocycles. The minimum Gasteiger partial charge on any atom is -0.508 e. The molecule has 0 aromatic heterocycles. The van der Waals surface area contributed by atoms with Gasteiger partial charge in [-0.2, -0.15) is 0 Å². The summed E-state index contributed by atoms with van der Waals surface area (Å²) in [6.07, 6.45) is 19.6. The van der Waals surface area contributed by atoms with Crippen LogP contribution in [-0.2, 0) is 38.5 Å². The van der Waals surface area contributed by atoms with Gasteiger partial charge in [-0.3, -0.25) is 0 Å². The summed E-state index contributed by atoms with van der Waals surface area (Å²) in [5.41, 5.74) is 7.38. The molecule has 3 aliphatic rings. The lowest BCUT2D eigenvalue weighted by molar-refractivity contribution is 0.180. The van der Waals surface area contributed by atoms with Gasteiger partial charge >= 0.3 is 0 Å². The van der Waals surface area contributed by atoms with Crippen LogP contribution in [-0.4, -0.2) is 104 Å². The van der Waals surface area contributed by atoms with Crippen molar-refractivity contribution in [3.05, 3.63) is 179 Å². The first-order chi connectivity index (χ1) is 35.6. The van der Waals surface area contributed by atoms with Gasteiger partial charge in [-0.1, -0.05) is 98.5 Å². The Labute approximate surface area is 436 Å². The van der Waals surface area contributed by atoms with Crippen LogP contribution in [0.25, 0.3) is 0 Å². The van der Waals surface area contributed by atoms with Gasteiger partial charge in [0.15, 0.2) is 0 Å². The second-order valence-corrected chi connectivity index (χ2v) is 21.2. The molecule has 0 heterocycles. The first kappa shape index (κ1) is 54.8. The van der Waals surface area contributed by atoms with E-state index in [9.17, 15) is 30.6 Å².